The summed E-state index contributed by atoms with van der Waals surface area (Å²) in [5.74, 6) is 0.153. The first-order valence-electron chi connectivity index (χ1n) is 7.27. The zero-order valence-corrected chi connectivity index (χ0v) is 12.4. The lowest BCUT2D eigenvalue weighted by Crippen LogP contribution is -2.34. The summed E-state index contributed by atoms with van der Waals surface area (Å²) < 4.78 is 0. The van der Waals surface area contributed by atoms with Gasteiger partial charge in [-0.15, -0.1) is 0 Å². The van der Waals surface area contributed by atoms with Crippen molar-refractivity contribution in [3.8, 4) is 0 Å². The molecule has 0 fully saturated rings. The predicted molar refractivity (Wildman–Crippen MR) is 78.7 cm³/mol. The van der Waals surface area contributed by atoms with Crippen LogP contribution in [0.5, 0.6) is 0 Å². The largest absolute Gasteiger partial charge is 0.326 e. The number of hydrogen-bond acceptors (Lipinski definition) is 1. The van der Waals surface area contributed by atoms with Gasteiger partial charge >= 0.3 is 0 Å². The lowest BCUT2D eigenvalue weighted by atomic mass is 9.62. The smallest absolute Gasteiger partial charge is 0.224 e. The van der Waals surface area contributed by atoms with Gasteiger partial charge < -0.3 is 5.32 Å². The maximum atomic E-state index is 11.6. The lowest BCUT2D eigenvalue weighted by Gasteiger charge is -2.42. The van der Waals surface area contributed by atoms with Crippen LogP contribution in [0.4, 0.5) is 5.69 Å². The fourth-order valence-electron chi connectivity index (χ4n) is 3.44. The maximum absolute atomic E-state index is 11.6. The van der Waals surface area contributed by atoms with Gasteiger partial charge in [-0.2, -0.15) is 0 Å². The number of carbonyl (C=O) groups is 1. The molecule has 1 aliphatic carbocycles. The van der Waals surface area contributed by atoms with Gasteiger partial charge in [-0.25, -0.2) is 0 Å². The Morgan fingerprint density at radius 1 is 0.947 bits per heavy atom. The van der Waals surface area contributed by atoms with Crippen molar-refractivity contribution < 1.29 is 4.79 Å². The molecule has 3 rings (SSSR count). The van der Waals surface area contributed by atoms with E-state index in [1.807, 2.05) is 0 Å². The molecule has 0 radical (unpaired) electrons. The van der Waals surface area contributed by atoms with Crippen molar-refractivity contribution in [1.82, 2.24) is 0 Å². The Balaban J connectivity index is 2.20. The second kappa shape index (κ2) is 3.84. The van der Waals surface area contributed by atoms with Gasteiger partial charge in [-0.1, -0.05) is 33.8 Å². The molecule has 0 atom stereocenters. The van der Waals surface area contributed by atoms with E-state index in [1.165, 1.54) is 29.5 Å². The van der Waals surface area contributed by atoms with Crippen LogP contribution in [0.3, 0.4) is 0 Å². The molecule has 1 N–H and O–H groups in total. The summed E-state index contributed by atoms with van der Waals surface area (Å²) in [5, 5.41) is 3.04. The fourth-order valence-corrected chi connectivity index (χ4v) is 3.44. The van der Waals surface area contributed by atoms with Gasteiger partial charge in [0.2, 0.25) is 5.91 Å². The zero-order valence-electron chi connectivity index (χ0n) is 12.4. The Hall–Kier alpha value is -1.31. The summed E-state index contributed by atoms with van der Waals surface area (Å²) in [4.78, 5) is 11.6. The van der Waals surface area contributed by atoms with Gasteiger partial charge in [0.1, 0.15) is 0 Å². The first kappa shape index (κ1) is 12.7. The van der Waals surface area contributed by atoms with E-state index in [4.69, 9.17) is 0 Å². The lowest BCUT2D eigenvalue weighted by molar-refractivity contribution is -0.116. The highest BCUT2D eigenvalue weighted by Gasteiger charge is 2.38. The highest BCUT2D eigenvalue weighted by molar-refractivity contribution is 5.94. The molecular formula is C17H23NO. The van der Waals surface area contributed by atoms with Crippen molar-refractivity contribution in [3.05, 3.63) is 28.8 Å². The van der Waals surface area contributed by atoms with E-state index in [1.54, 1.807) is 0 Å². The summed E-state index contributed by atoms with van der Waals surface area (Å²) in [6.45, 7) is 9.32. The summed E-state index contributed by atoms with van der Waals surface area (Å²) in [7, 11) is 0. The molecule has 0 unspecified atom stereocenters. The number of aryl methyl sites for hydroxylation is 1. The number of benzene rings is 1. The Labute approximate surface area is 115 Å². The maximum Gasteiger partial charge on any atom is 0.224 e. The van der Waals surface area contributed by atoms with Gasteiger partial charge in [0.15, 0.2) is 0 Å². The second-order valence-electron chi connectivity index (χ2n) is 7.37. The molecule has 1 amide bonds. The third kappa shape index (κ3) is 1.98. The minimum atomic E-state index is 0.153. The van der Waals surface area contributed by atoms with Crippen LogP contribution in [0, 0.1) is 0 Å². The van der Waals surface area contributed by atoms with Crippen LogP contribution in [-0.2, 0) is 22.0 Å². The van der Waals surface area contributed by atoms with Crippen molar-refractivity contribution in [3.63, 3.8) is 0 Å². The van der Waals surface area contributed by atoms with Crippen molar-refractivity contribution >= 4 is 11.6 Å². The molecule has 2 aliphatic rings. The molecule has 19 heavy (non-hydrogen) atoms. The van der Waals surface area contributed by atoms with Gasteiger partial charge in [-0.3, -0.25) is 4.79 Å². The van der Waals surface area contributed by atoms with E-state index >= 15 is 0 Å². The molecule has 102 valence electrons. The minimum Gasteiger partial charge on any atom is -0.326 e. The van der Waals surface area contributed by atoms with E-state index in [-0.39, 0.29) is 16.7 Å². The molecular weight excluding hydrogens is 234 g/mol. The van der Waals surface area contributed by atoms with Crippen LogP contribution in [0.15, 0.2) is 12.1 Å². The second-order valence-corrected chi connectivity index (χ2v) is 7.37. The number of nitrogens with one attached hydrogen (secondary N) is 1. The normalized spacial score (nSPS) is 23.3. The minimum absolute atomic E-state index is 0.153. The summed E-state index contributed by atoms with van der Waals surface area (Å²) >= 11 is 0. The topological polar surface area (TPSA) is 29.1 Å². The van der Waals surface area contributed by atoms with Crippen LogP contribution in [0.2, 0.25) is 0 Å². The van der Waals surface area contributed by atoms with Crippen molar-refractivity contribution in [2.24, 2.45) is 0 Å². The average molecular weight is 257 g/mol. The molecule has 1 aromatic rings. The highest BCUT2D eigenvalue weighted by Crippen LogP contribution is 2.47. The third-order valence-electron chi connectivity index (χ3n) is 4.97. The van der Waals surface area contributed by atoms with E-state index < -0.39 is 0 Å². The average Bonchev–Trinajstić information content (AvgIpc) is 2.33. The van der Waals surface area contributed by atoms with E-state index in [2.05, 4.69) is 45.1 Å². The van der Waals surface area contributed by atoms with Crippen molar-refractivity contribution in [2.45, 2.75) is 64.2 Å². The third-order valence-corrected chi connectivity index (χ3v) is 4.97. The summed E-state index contributed by atoms with van der Waals surface area (Å²) in [6, 6.07) is 4.59. The predicted octanol–water partition coefficient (Wildman–Crippen LogP) is 3.92. The molecule has 0 bridgehead atoms. The number of carbonyl (C=O) groups excluding carboxylic acids is 1. The fraction of sp³-hybridized carbons (Fsp3) is 0.588. The van der Waals surface area contributed by atoms with E-state index in [0.717, 1.165) is 12.1 Å². The summed E-state index contributed by atoms with van der Waals surface area (Å²) in [5.41, 5.74) is 5.72. The number of amides is 1. The van der Waals surface area contributed by atoms with E-state index in [9.17, 15) is 4.79 Å². The number of fused-ring (bicyclic) bond motifs is 2. The van der Waals surface area contributed by atoms with Crippen LogP contribution >= 0.6 is 0 Å². The zero-order chi connectivity index (χ0) is 13.8. The quantitative estimate of drug-likeness (QED) is 0.750. The Kier molecular flexibility index (Phi) is 2.57. The standard InChI is InChI=1S/C17H23NO/c1-16(2)7-8-17(3,4)13-10-14-11(9-12(13)16)5-6-15(19)18-14/h9-10H,5-8H2,1-4H3,(H,18,19). The molecule has 0 aromatic heterocycles. The van der Waals surface area contributed by atoms with E-state index in [0.29, 0.717) is 6.42 Å². The number of rotatable bonds is 0. The van der Waals surface area contributed by atoms with Crippen molar-refractivity contribution in [1.29, 1.82) is 0 Å². The van der Waals surface area contributed by atoms with Gasteiger partial charge in [0, 0.05) is 12.1 Å². The molecule has 2 heteroatoms. The SMILES string of the molecule is CC1(C)CCC(C)(C)c2cc3c(cc21)CCC(=O)N3. The molecule has 1 aromatic carbocycles. The van der Waals surface area contributed by atoms with Gasteiger partial charge in [0.25, 0.3) is 0 Å². The summed E-state index contributed by atoms with van der Waals surface area (Å²) in [6.07, 6.45) is 3.94. The van der Waals surface area contributed by atoms with Crippen LogP contribution < -0.4 is 5.32 Å². The van der Waals surface area contributed by atoms with Gasteiger partial charge in [0.05, 0.1) is 0 Å². The number of anilines is 1. The first-order chi connectivity index (χ1) is 8.79. The van der Waals surface area contributed by atoms with Crippen LogP contribution in [0.25, 0.3) is 0 Å². The highest BCUT2D eigenvalue weighted by atomic mass is 16.1. The Morgan fingerprint density at radius 2 is 1.53 bits per heavy atom. The van der Waals surface area contributed by atoms with Crippen LogP contribution in [-0.4, -0.2) is 5.91 Å². The van der Waals surface area contributed by atoms with Gasteiger partial charge in [-0.05, 0) is 52.8 Å². The monoisotopic (exact) mass is 257 g/mol. The van der Waals surface area contributed by atoms with Crippen LogP contribution in [0.1, 0.15) is 63.6 Å². The molecule has 0 spiro atoms. The molecule has 0 saturated carbocycles. The Bertz CT molecular complexity index is 555. The Morgan fingerprint density at radius 3 is 2.16 bits per heavy atom. The molecule has 1 aliphatic heterocycles. The first-order valence-corrected chi connectivity index (χ1v) is 7.27. The molecule has 1 heterocycles. The van der Waals surface area contributed by atoms with Crippen molar-refractivity contribution in [2.75, 3.05) is 5.32 Å². The number of hydrogen-bond donors (Lipinski definition) is 1. The molecule has 0 saturated heterocycles. The molecule has 2 nitrogen and oxygen atoms in total.